The van der Waals surface area contributed by atoms with Crippen LogP contribution in [0.1, 0.15) is 30.4 Å². The molecule has 1 fully saturated rings. The van der Waals surface area contributed by atoms with E-state index in [0.29, 0.717) is 31.0 Å². The summed E-state index contributed by atoms with van der Waals surface area (Å²) < 4.78 is 29.0. The molecule has 0 saturated carbocycles. The van der Waals surface area contributed by atoms with Crippen molar-refractivity contribution in [2.24, 2.45) is 7.05 Å². The fourth-order valence-electron chi connectivity index (χ4n) is 3.81. The number of rotatable bonds is 4. The van der Waals surface area contributed by atoms with E-state index in [1.807, 2.05) is 13.2 Å². The first-order chi connectivity index (χ1) is 13.4. The molecule has 2 aliphatic heterocycles. The third-order valence-electron chi connectivity index (χ3n) is 5.31. The zero-order valence-corrected chi connectivity index (χ0v) is 16.7. The minimum Gasteiger partial charge on any atom is -0.308 e. The first-order valence-corrected chi connectivity index (χ1v) is 11.0. The summed E-state index contributed by atoms with van der Waals surface area (Å²) in [7, 11) is -1.63. The van der Waals surface area contributed by atoms with Crippen LogP contribution in [-0.2, 0) is 28.3 Å². The number of benzene rings is 1. The van der Waals surface area contributed by atoms with E-state index >= 15 is 0 Å². The number of carbonyl (C=O) groups excluding carboxylic acids is 1. The van der Waals surface area contributed by atoms with Crippen LogP contribution in [-0.4, -0.2) is 48.0 Å². The average molecular weight is 401 g/mol. The lowest BCUT2D eigenvalue weighted by Crippen LogP contribution is -2.35. The SMILES string of the molecule is Cn1cc(/C=C/C(=O)N2CCc3cc(S(=O)(=O)N4CCCCC4)ccc32)cn1. The second kappa shape index (κ2) is 7.52. The van der Waals surface area contributed by atoms with Crippen LogP contribution in [0.3, 0.4) is 0 Å². The molecule has 0 radical (unpaired) electrons. The standard InChI is InChI=1S/C20H24N4O3S/c1-22-15-16(14-21-22)5-8-20(25)24-12-9-17-13-18(6-7-19(17)24)28(26,27)23-10-3-2-4-11-23/h5-8,13-15H,2-4,9-12H2,1H3/b8-5+. The Morgan fingerprint density at radius 1 is 1.14 bits per heavy atom. The molecule has 3 heterocycles. The van der Waals surface area contributed by atoms with Crippen molar-refractivity contribution >= 4 is 27.7 Å². The molecule has 1 amide bonds. The Morgan fingerprint density at radius 2 is 1.93 bits per heavy atom. The molecule has 0 spiro atoms. The second-order valence-corrected chi connectivity index (χ2v) is 9.21. The molecule has 0 aliphatic carbocycles. The quantitative estimate of drug-likeness (QED) is 0.738. The number of aryl methyl sites for hydroxylation is 1. The van der Waals surface area contributed by atoms with Crippen LogP contribution in [0, 0.1) is 0 Å². The maximum Gasteiger partial charge on any atom is 0.251 e. The summed E-state index contributed by atoms with van der Waals surface area (Å²) in [6.07, 6.45) is 10.4. The second-order valence-electron chi connectivity index (χ2n) is 7.28. The van der Waals surface area contributed by atoms with E-state index in [0.717, 1.165) is 36.1 Å². The highest BCUT2D eigenvalue weighted by Gasteiger charge is 2.29. The third-order valence-corrected chi connectivity index (χ3v) is 7.20. The fourth-order valence-corrected chi connectivity index (χ4v) is 5.37. The summed E-state index contributed by atoms with van der Waals surface area (Å²) in [4.78, 5) is 14.6. The molecule has 1 saturated heterocycles. The van der Waals surface area contributed by atoms with Gasteiger partial charge in [-0.3, -0.25) is 9.48 Å². The molecule has 2 aliphatic rings. The van der Waals surface area contributed by atoms with E-state index in [2.05, 4.69) is 5.10 Å². The molecule has 8 heteroatoms. The molecule has 1 aromatic carbocycles. The van der Waals surface area contributed by atoms with Crippen molar-refractivity contribution in [1.82, 2.24) is 14.1 Å². The van der Waals surface area contributed by atoms with E-state index in [4.69, 9.17) is 0 Å². The molecule has 0 atom stereocenters. The van der Waals surface area contributed by atoms with Crippen LogP contribution in [0.15, 0.2) is 41.6 Å². The number of fused-ring (bicyclic) bond motifs is 1. The Hall–Kier alpha value is -2.45. The van der Waals surface area contributed by atoms with Crippen molar-refractivity contribution in [2.75, 3.05) is 24.5 Å². The van der Waals surface area contributed by atoms with Crippen LogP contribution >= 0.6 is 0 Å². The Balaban J connectivity index is 1.53. The summed E-state index contributed by atoms with van der Waals surface area (Å²) in [6, 6.07) is 5.12. The van der Waals surface area contributed by atoms with E-state index in [-0.39, 0.29) is 5.91 Å². The molecule has 28 heavy (non-hydrogen) atoms. The minimum atomic E-state index is -3.46. The van der Waals surface area contributed by atoms with Crippen LogP contribution in [0.2, 0.25) is 0 Å². The number of aromatic nitrogens is 2. The van der Waals surface area contributed by atoms with Crippen LogP contribution in [0.4, 0.5) is 5.69 Å². The average Bonchev–Trinajstić information content (AvgIpc) is 3.32. The van der Waals surface area contributed by atoms with Crippen molar-refractivity contribution in [3.8, 4) is 0 Å². The number of hydrogen-bond donors (Lipinski definition) is 0. The molecule has 0 unspecified atom stereocenters. The van der Waals surface area contributed by atoms with Gasteiger partial charge in [0, 0.05) is 50.2 Å². The van der Waals surface area contributed by atoms with Crippen molar-refractivity contribution in [1.29, 1.82) is 0 Å². The first kappa shape index (κ1) is 18.9. The van der Waals surface area contributed by atoms with Gasteiger partial charge in [-0.1, -0.05) is 6.42 Å². The van der Waals surface area contributed by atoms with Crippen molar-refractivity contribution in [3.63, 3.8) is 0 Å². The number of nitrogens with zero attached hydrogens (tertiary/aromatic N) is 4. The summed E-state index contributed by atoms with van der Waals surface area (Å²) in [5.74, 6) is -0.116. The highest BCUT2D eigenvalue weighted by molar-refractivity contribution is 7.89. The van der Waals surface area contributed by atoms with Gasteiger partial charge in [-0.2, -0.15) is 9.40 Å². The van der Waals surface area contributed by atoms with Gasteiger partial charge in [0.25, 0.3) is 5.91 Å². The predicted molar refractivity (Wildman–Crippen MR) is 107 cm³/mol. The predicted octanol–water partition coefficient (Wildman–Crippen LogP) is 2.20. The van der Waals surface area contributed by atoms with Gasteiger partial charge >= 0.3 is 0 Å². The Morgan fingerprint density at radius 3 is 2.64 bits per heavy atom. The first-order valence-electron chi connectivity index (χ1n) is 9.56. The number of anilines is 1. The van der Waals surface area contributed by atoms with Gasteiger partial charge in [0.15, 0.2) is 0 Å². The molecule has 4 rings (SSSR count). The van der Waals surface area contributed by atoms with Crippen LogP contribution < -0.4 is 4.90 Å². The lowest BCUT2D eigenvalue weighted by molar-refractivity contribution is -0.114. The van der Waals surface area contributed by atoms with E-state index in [1.54, 1.807) is 44.4 Å². The number of piperidine rings is 1. The fraction of sp³-hybridized carbons (Fsp3) is 0.400. The van der Waals surface area contributed by atoms with Gasteiger partial charge in [0.2, 0.25) is 10.0 Å². The maximum atomic E-state index is 12.9. The Bertz CT molecular complexity index is 1020. The number of carbonyl (C=O) groups is 1. The van der Waals surface area contributed by atoms with Gasteiger partial charge in [0.1, 0.15) is 0 Å². The Labute approximate surface area is 165 Å². The summed E-state index contributed by atoms with van der Waals surface area (Å²) in [5, 5.41) is 4.08. The Kier molecular flexibility index (Phi) is 5.07. The topological polar surface area (TPSA) is 75.5 Å². The van der Waals surface area contributed by atoms with E-state index < -0.39 is 10.0 Å². The largest absolute Gasteiger partial charge is 0.308 e. The van der Waals surface area contributed by atoms with Crippen molar-refractivity contribution in [3.05, 3.63) is 47.8 Å². The van der Waals surface area contributed by atoms with Crippen LogP contribution in [0.25, 0.3) is 6.08 Å². The van der Waals surface area contributed by atoms with Gasteiger partial charge < -0.3 is 4.90 Å². The summed E-state index contributed by atoms with van der Waals surface area (Å²) in [6.45, 7) is 1.73. The highest BCUT2D eigenvalue weighted by atomic mass is 32.2. The lowest BCUT2D eigenvalue weighted by Gasteiger charge is -2.26. The van der Waals surface area contributed by atoms with Gasteiger partial charge in [-0.15, -0.1) is 0 Å². The molecular formula is C20H24N4O3S. The molecule has 148 valence electrons. The third kappa shape index (κ3) is 3.62. The van der Waals surface area contributed by atoms with Crippen LogP contribution in [0.5, 0.6) is 0 Å². The number of sulfonamides is 1. The summed E-state index contributed by atoms with van der Waals surface area (Å²) in [5.41, 5.74) is 2.55. The van der Waals surface area contributed by atoms with Gasteiger partial charge in [0.05, 0.1) is 11.1 Å². The molecule has 2 aromatic rings. The molecule has 0 bridgehead atoms. The normalized spacial score (nSPS) is 18.0. The van der Waals surface area contributed by atoms with Crippen molar-refractivity contribution in [2.45, 2.75) is 30.6 Å². The van der Waals surface area contributed by atoms with E-state index in [9.17, 15) is 13.2 Å². The lowest BCUT2D eigenvalue weighted by atomic mass is 10.2. The maximum absolute atomic E-state index is 12.9. The number of amides is 1. The molecule has 1 aromatic heterocycles. The zero-order valence-electron chi connectivity index (χ0n) is 15.9. The van der Waals surface area contributed by atoms with Gasteiger partial charge in [-0.25, -0.2) is 8.42 Å². The smallest absolute Gasteiger partial charge is 0.251 e. The summed E-state index contributed by atoms with van der Waals surface area (Å²) >= 11 is 0. The van der Waals surface area contributed by atoms with Crippen molar-refractivity contribution < 1.29 is 13.2 Å². The van der Waals surface area contributed by atoms with E-state index in [1.165, 1.54) is 6.08 Å². The zero-order chi connectivity index (χ0) is 19.7. The number of hydrogen-bond acceptors (Lipinski definition) is 4. The van der Waals surface area contributed by atoms with Gasteiger partial charge in [-0.05, 0) is 49.1 Å². The molecule has 0 N–H and O–H groups in total. The molecule has 7 nitrogen and oxygen atoms in total. The minimum absolute atomic E-state index is 0.116. The molecular weight excluding hydrogens is 376 g/mol. The highest BCUT2D eigenvalue weighted by Crippen LogP contribution is 2.32. The monoisotopic (exact) mass is 400 g/mol.